The van der Waals surface area contributed by atoms with E-state index in [2.05, 4.69) is 15.0 Å². The normalized spacial score (nSPS) is 17.0. The van der Waals surface area contributed by atoms with Crippen LogP contribution in [0.3, 0.4) is 0 Å². The van der Waals surface area contributed by atoms with Gasteiger partial charge in [-0.1, -0.05) is 41.5 Å². The second kappa shape index (κ2) is 11.4. The van der Waals surface area contributed by atoms with E-state index in [0.717, 1.165) is 21.4 Å². The van der Waals surface area contributed by atoms with Crippen LogP contribution in [0.15, 0.2) is 78.0 Å². The van der Waals surface area contributed by atoms with Gasteiger partial charge in [-0.3, -0.25) is 19.3 Å². The van der Waals surface area contributed by atoms with Gasteiger partial charge in [0.2, 0.25) is 5.91 Å². The molecule has 3 aromatic carbocycles. The zero-order valence-corrected chi connectivity index (χ0v) is 22.8. The summed E-state index contributed by atoms with van der Waals surface area (Å²) in [4.78, 5) is 50.5. The molecule has 208 valence electrons. The SMILES string of the molecule is COc1ccc(CN2C(=O)[C@H](C)N(C(=O)c3ccccc3N=[N+]=[N-])C(=O)[C@@H]2Cc2c[nH]c3ccccc23)c(OC)c1. The van der Waals surface area contributed by atoms with Crippen LogP contribution in [0.2, 0.25) is 0 Å². The Bertz CT molecular complexity index is 1690. The molecule has 0 unspecified atom stereocenters. The number of H-pyrrole nitrogens is 1. The third kappa shape index (κ3) is 5.06. The molecule has 1 aromatic heterocycles. The average molecular weight is 553 g/mol. The summed E-state index contributed by atoms with van der Waals surface area (Å²) in [6.45, 7) is 1.60. The number of methoxy groups -OCH3 is 2. The van der Waals surface area contributed by atoms with Crippen molar-refractivity contribution in [1.82, 2.24) is 14.8 Å². The summed E-state index contributed by atoms with van der Waals surface area (Å²) in [5.74, 6) is -0.544. The summed E-state index contributed by atoms with van der Waals surface area (Å²) < 4.78 is 10.9. The number of carbonyl (C=O) groups is 3. The number of rotatable bonds is 8. The van der Waals surface area contributed by atoms with Crippen molar-refractivity contribution in [3.8, 4) is 11.5 Å². The predicted octanol–water partition coefficient (Wildman–Crippen LogP) is 5.14. The van der Waals surface area contributed by atoms with Crippen LogP contribution in [0.25, 0.3) is 21.3 Å². The van der Waals surface area contributed by atoms with Crippen molar-refractivity contribution in [3.63, 3.8) is 0 Å². The molecule has 1 aliphatic heterocycles. The summed E-state index contributed by atoms with van der Waals surface area (Å²) in [6.07, 6.45) is 1.98. The predicted molar refractivity (Wildman–Crippen MR) is 152 cm³/mol. The van der Waals surface area contributed by atoms with Crippen LogP contribution in [0, 0.1) is 0 Å². The lowest BCUT2D eigenvalue weighted by Gasteiger charge is -2.43. The number of nitrogens with one attached hydrogen (secondary N) is 1. The molecule has 4 aromatic rings. The molecule has 11 heteroatoms. The minimum atomic E-state index is -1.10. The van der Waals surface area contributed by atoms with E-state index in [1.807, 2.05) is 30.5 Å². The Kier molecular flexibility index (Phi) is 7.62. The largest absolute Gasteiger partial charge is 0.497 e. The first kappa shape index (κ1) is 27.3. The number of azide groups is 1. The molecule has 1 saturated heterocycles. The van der Waals surface area contributed by atoms with Gasteiger partial charge < -0.3 is 19.4 Å². The van der Waals surface area contributed by atoms with Gasteiger partial charge in [-0.05, 0) is 42.3 Å². The minimum absolute atomic E-state index is 0.0365. The Balaban J connectivity index is 1.57. The maximum atomic E-state index is 14.2. The lowest BCUT2D eigenvalue weighted by Crippen LogP contribution is -2.65. The quantitative estimate of drug-likeness (QED) is 0.139. The van der Waals surface area contributed by atoms with Gasteiger partial charge in [0.25, 0.3) is 11.8 Å². The molecule has 2 heterocycles. The molecule has 41 heavy (non-hydrogen) atoms. The Morgan fingerprint density at radius 2 is 1.76 bits per heavy atom. The number of aromatic amines is 1. The zero-order valence-electron chi connectivity index (χ0n) is 22.8. The number of benzene rings is 3. The van der Waals surface area contributed by atoms with Gasteiger partial charge in [0.15, 0.2) is 0 Å². The third-order valence-electron chi connectivity index (χ3n) is 7.36. The van der Waals surface area contributed by atoms with Gasteiger partial charge in [-0.2, -0.15) is 0 Å². The average Bonchev–Trinajstić information content (AvgIpc) is 3.41. The first-order valence-corrected chi connectivity index (χ1v) is 13.0. The van der Waals surface area contributed by atoms with Gasteiger partial charge in [0.05, 0.1) is 26.5 Å². The van der Waals surface area contributed by atoms with Gasteiger partial charge >= 0.3 is 0 Å². The molecule has 11 nitrogen and oxygen atoms in total. The molecule has 1 N–H and O–H groups in total. The number of hydrogen-bond donors (Lipinski definition) is 1. The molecule has 1 aliphatic rings. The Morgan fingerprint density at radius 3 is 2.51 bits per heavy atom. The third-order valence-corrected chi connectivity index (χ3v) is 7.36. The maximum Gasteiger partial charge on any atom is 0.261 e. The molecule has 2 atom stereocenters. The first-order chi connectivity index (χ1) is 19.9. The summed E-state index contributed by atoms with van der Waals surface area (Å²) in [6, 6.07) is 17.0. The first-order valence-electron chi connectivity index (χ1n) is 13.0. The number of imide groups is 1. The molecule has 3 amide bonds. The van der Waals surface area contributed by atoms with E-state index in [-0.39, 0.29) is 24.2 Å². The number of nitrogens with zero attached hydrogens (tertiary/aromatic N) is 5. The molecule has 0 saturated carbocycles. The number of amides is 3. The van der Waals surface area contributed by atoms with E-state index < -0.39 is 29.8 Å². The number of ether oxygens (including phenoxy) is 2. The van der Waals surface area contributed by atoms with E-state index in [4.69, 9.17) is 15.0 Å². The van der Waals surface area contributed by atoms with Crippen molar-refractivity contribution >= 4 is 34.3 Å². The van der Waals surface area contributed by atoms with Crippen molar-refractivity contribution in [2.75, 3.05) is 14.2 Å². The van der Waals surface area contributed by atoms with Gasteiger partial charge in [-0.15, -0.1) is 0 Å². The molecular weight excluding hydrogens is 524 g/mol. The molecule has 0 radical (unpaired) electrons. The molecule has 0 aliphatic carbocycles. The van der Waals surface area contributed by atoms with Crippen molar-refractivity contribution < 1.29 is 23.9 Å². The Hall–Kier alpha value is -5.28. The van der Waals surface area contributed by atoms with Gasteiger partial charge in [0.1, 0.15) is 23.6 Å². The van der Waals surface area contributed by atoms with E-state index in [1.54, 1.807) is 37.4 Å². The number of carbonyl (C=O) groups excluding carboxylic acids is 3. The van der Waals surface area contributed by atoms with Gasteiger partial charge in [0, 0.05) is 45.6 Å². The molecule has 0 bridgehead atoms. The van der Waals surface area contributed by atoms with Crippen LogP contribution in [0.4, 0.5) is 5.69 Å². The van der Waals surface area contributed by atoms with Crippen LogP contribution in [-0.4, -0.2) is 58.8 Å². The molecule has 0 spiro atoms. The van der Waals surface area contributed by atoms with Crippen LogP contribution >= 0.6 is 0 Å². The summed E-state index contributed by atoms with van der Waals surface area (Å²) in [5.41, 5.74) is 11.5. The fraction of sp³-hybridized carbons (Fsp3) is 0.233. The standard InChI is InChI=1S/C30H28N6O5/c1-18-28(37)35(17-19-12-13-21(40-2)15-27(19)41-3)26(14-20-16-32-24-10-6-4-8-22(20)24)30(39)36(18)29(38)23-9-5-7-11-25(23)33-34-31/h4-13,15-16,18,26,32H,14,17H2,1-3H3/t18-,26-/m0/s1. The molecule has 5 rings (SSSR count). The summed E-state index contributed by atoms with van der Waals surface area (Å²) in [5, 5.41) is 4.52. The smallest absolute Gasteiger partial charge is 0.261 e. The number of piperazine rings is 1. The fourth-order valence-corrected chi connectivity index (χ4v) is 5.24. The van der Waals surface area contributed by atoms with Crippen molar-refractivity contribution in [2.45, 2.75) is 32.0 Å². The number of hydrogen-bond acceptors (Lipinski definition) is 6. The second-order valence-corrected chi connectivity index (χ2v) is 9.62. The highest BCUT2D eigenvalue weighted by Crippen LogP contribution is 2.32. The molecule has 1 fully saturated rings. The number of fused-ring (bicyclic) bond motifs is 1. The summed E-state index contributed by atoms with van der Waals surface area (Å²) >= 11 is 0. The highest BCUT2D eigenvalue weighted by Gasteiger charge is 2.47. The molecular formula is C30H28N6O5. The van der Waals surface area contributed by atoms with E-state index >= 15 is 0 Å². The number of aromatic nitrogens is 1. The lowest BCUT2D eigenvalue weighted by molar-refractivity contribution is -0.158. The van der Waals surface area contributed by atoms with E-state index in [1.165, 1.54) is 31.1 Å². The fourth-order valence-electron chi connectivity index (χ4n) is 5.24. The second-order valence-electron chi connectivity index (χ2n) is 9.62. The van der Waals surface area contributed by atoms with Crippen molar-refractivity contribution in [2.24, 2.45) is 5.11 Å². The topological polar surface area (TPSA) is 141 Å². The van der Waals surface area contributed by atoms with Crippen LogP contribution in [-0.2, 0) is 22.6 Å². The maximum absolute atomic E-state index is 14.2. The zero-order chi connectivity index (χ0) is 29.1. The highest BCUT2D eigenvalue weighted by molar-refractivity contribution is 6.13. The van der Waals surface area contributed by atoms with Crippen LogP contribution in [0.1, 0.15) is 28.4 Å². The summed E-state index contributed by atoms with van der Waals surface area (Å²) in [7, 11) is 3.07. The Labute approximate surface area is 235 Å². The van der Waals surface area contributed by atoms with Crippen molar-refractivity contribution in [1.29, 1.82) is 0 Å². The van der Waals surface area contributed by atoms with E-state index in [9.17, 15) is 14.4 Å². The van der Waals surface area contributed by atoms with Crippen molar-refractivity contribution in [3.05, 3.63) is 100 Å². The Morgan fingerprint density at radius 1 is 1.00 bits per heavy atom. The highest BCUT2D eigenvalue weighted by atomic mass is 16.5. The van der Waals surface area contributed by atoms with Crippen LogP contribution < -0.4 is 9.47 Å². The monoisotopic (exact) mass is 552 g/mol. The van der Waals surface area contributed by atoms with Crippen LogP contribution in [0.5, 0.6) is 11.5 Å². The van der Waals surface area contributed by atoms with E-state index in [0.29, 0.717) is 17.1 Å². The minimum Gasteiger partial charge on any atom is -0.497 e. The van der Waals surface area contributed by atoms with Gasteiger partial charge in [-0.25, -0.2) is 0 Å². The lowest BCUT2D eigenvalue weighted by atomic mass is 9.96. The number of para-hydroxylation sites is 1.